The highest BCUT2D eigenvalue weighted by molar-refractivity contribution is 7.18. The van der Waals surface area contributed by atoms with Crippen LogP contribution in [0.2, 0.25) is 5.02 Å². The van der Waals surface area contributed by atoms with Gasteiger partial charge in [0.25, 0.3) is 0 Å². The van der Waals surface area contributed by atoms with Gasteiger partial charge in [-0.2, -0.15) is 0 Å². The minimum absolute atomic E-state index is 0.0304. The molecular weight excluding hydrogens is 434 g/mol. The molecule has 31 heavy (non-hydrogen) atoms. The van der Waals surface area contributed by atoms with Crippen molar-refractivity contribution in [3.05, 3.63) is 52.0 Å². The first-order valence-electron chi connectivity index (χ1n) is 10.3. The summed E-state index contributed by atoms with van der Waals surface area (Å²) in [4.78, 5) is 19.4. The van der Waals surface area contributed by atoms with Crippen molar-refractivity contribution in [2.45, 2.75) is 25.3 Å². The lowest BCUT2D eigenvalue weighted by Gasteiger charge is -2.30. The number of hydrogen-bond acceptors (Lipinski definition) is 6. The fraction of sp³-hybridized carbons (Fsp3) is 0.391. The van der Waals surface area contributed by atoms with E-state index < -0.39 is 0 Å². The Bertz CT molecular complexity index is 1060. The first-order valence-corrected chi connectivity index (χ1v) is 11.5. The number of amides is 1. The highest BCUT2D eigenvalue weighted by Crippen LogP contribution is 2.34. The molecule has 6 nitrogen and oxygen atoms in total. The van der Waals surface area contributed by atoms with Crippen LogP contribution in [-0.4, -0.2) is 49.6 Å². The number of methoxy groups -OCH3 is 2. The molecule has 8 heteroatoms. The van der Waals surface area contributed by atoms with Gasteiger partial charge in [0.1, 0.15) is 0 Å². The minimum atomic E-state index is 0.0304. The summed E-state index contributed by atoms with van der Waals surface area (Å²) in [5.74, 6) is 1.82. The molecule has 1 saturated heterocycles. The van der Waals surface area contributed by atoms with Gasteiger partial charge in [0.15, 0.2) is 11.5 Å². The average Bonchev–Trinajstić information content (AvgIpc) is 3.21. The number of carbonyl (C=O) groups is 1. The smallest absolute Gasteiger partial charge is 0.234 e. The Kier molecular flexibility index (Phi) is 6.95. The van der Waals surface area contributed by atoms with Crippen molar-refractivity contribution >= 4 is 39.1 Å². The summed E-state index contributed by atoms with van der Waals surface area (Å²) in [6.07, 6.45) is 2.02. The van der Waals surface area contributed by atoms with Crippen molar-refractivity contribution in [3.8, 4) is 11.5 Å². The van der Waals surface area contributed by atoms with E-state index in [0.717, 1.165) is 42.0 Å². The van der Waals surface area contributed by atoms with Gasteiger partial charge < -0.3 is 14.8 Å². The normalized spacial score (nSPS) is 15.2. The zero-order valence-electron chi connectivity index (χ0n) is 17.7. The zero-order chi connectivity index (χ0) is 21.8. The van der Waals surface area contributed by atoms with Gasteiger partial charge in [-0.05, 0) is 61.8 Å². The third-order valence-electron chi connectivity index (χ3n) is 5.61. The number of nitrogens with zero attached hydrogens (tertiary/aromatic N) is 2. The number of ether oxygens (including phenoxy) is 2. The molecule has 2 aromatic carbocycles. The van der Waals surface area contributed by atoms with Crippen LogP contribution in [-0.2, 0) is 11.3 Å². The number of likely N-dealkylation sites (tertiary alicyclic amines) is 1. The number of aromatic nitrogens is 1. The summed E-state index contributed by atoms with van der Waals surface area (Å²) in [6.45, 7) is 2.66. The second kappa shape index (κ2) is 9.85. The molecule has 0 saturated carbocycles. The lowest BCUT2D eigenvalue weighted by atomic mass is 9.97. The van der Waals surface area contributed by atoms with Gasteiger partial charge >= 0.3 is 0 Å². The molecule has 1 aliphatic rings. The van der Waals surface area contributed by atoms with Crippen molar-refractivity contribution < 1.29 is 14.3 Å². The van der Waals surface area contributed by atoms with Gasteiger partial charge in [-0.1, -0.05) is 17.7 Å². The lowest BCUT2D eigenvalue weighted by molar-refractivity contribution is -0.122. The maximum atomic E-state index is 12.4. The van der Waals surface area contributed by atoms with E-state index in [1.165, 1.54) is 9.71 Å². The first kappa shape index (κ1) is 21.9. The van der Waals surface area contributed by atoms with Crippen molar-refractivity contribution in [2.24, 2.45) is 0 Å². The van der Waals surface area contributed by atoms with Crippen LogP contribution in [0.4, 0.5) is 0 Å². The van der Waals surface area contributed by atoms with E-state index in [1.807, 2.05) is 36.4 Å². The van der Waals surface area contributed by atoms with Crippen molar-refractivity contribution in [2.75, 3.05) is 33.9 Å². The maximum Gasteiger partial charge on any atom is 0.234 e. The topological polar surface area (TPSA) is 63.7 Å². The summed E-state index contributed by atoms with van der Waals surface area (Å²) < 4.78 is 11.7. The van der Waals surface area contributed by atoms with Crippen LogP contribution in [0.25, 0.3) is 10.2 Å². The number of piperidine rings is 1. The van der Waals surface area contributed by atoms with Gasteiger partial charge in [0.2, 0.25) is 5.91 Å². The summed E-state index contributed by atoms with van der Waals surface area (Å²) >= 11 is 7.84. The Morgan fingerprint density at radius 1 is 1.16 bits per heavy atom. The Morgan fingerprint density at radius 2 is 1.94 bits per heavy atom. The van der Waals surface area contributed by atoms with Crippen molar-refractivity contribution in [3.63, 3.8) is 0 Å². The highest BCUT2D eigenvalue weighted by Gasteiger charge is 2.24. The van der Waals surface area contributed by atoms with Crippen LogP contribution in [0.15, 0.2) is 36.4 Å². The second-order valence-electron chi connectivity index (χ2n) is 7.68. The molecule has 0 aliphatic carbocycles. The van der Waals surface area contributed by atoms with Crippen LogP contribution in [0.1, 0.15) is 29.3 Å². The largest absolute Gasteiger partial charge is 0.493 e. The molecule has 1 fully saturated rings. The van der Waals surface area contributed by atoms with E-state index in [-0.39, 0.29) is 5.91 Å². The van der Waals surface area contributed by atoms with Crippen molar-refractivity contribution in [1.29, 1.82) is 0 Å². The van der Waals surface area contributed by atoms with Crippen LogP contribution < -0.4 is 14.8 Å². The van der Waals surface area contributed by atoms with E-state index in [1.54, 1.807) is 25.6 Å². The summed E-state index contributed by atoms with van der Waals surface area (Å²) in [5, 5.41) is 4.90. The number of carbonyl (C=O) groups excluding carboxylic acids is 1. The van der Waals surface area contributed by atoms with Crippen LogP contribution >= 0.6 is 22.9 Å². The summed E-state index contributed by atoms with van der Waals surface area (Å²) in [7, 11) is 3.21. The molecule has 0 radical (unpaired) electrons. The zero-order valence-corrected chi connectivity index (χ0v) is 19.3. The van der Waals surface area contributed by atoms with Gasteiger partial charge in [-0.3, -0.25) is 9.69 Å². The van der Waals surface area contributed by atoms with Crippen LogP contribution in [0, 0.1) is 0 Å². The molecule has 3 aromatic rings. The maximum absolute atomic E-state index is 12.4. The molecule has 1 aliphatic heterocycles. The van der Waals surface area contributed by atoms with E-state index >= 15 is 0 Å². The highest BCUT2D eigenvalue weighted by atomic mass is 35.5. The van der Waals surface area contributed by atoms with Gasteiger partial charge in [0, 0.05) is 17.5 Å². The molecule has 1 aromatic heterocycles. The molecule has 164 valence electrons. The average molecular weight is 460 g/mol. The second-order valence-corrected chi connectivity index (χ2v) is 9.18. The number of hydrogen-bond donors (Lipinski definition) is 1. The Hall–Kier alpha value is -2.35. The van der Waals surface area contributed by atoms with Gasteiger partial charge in [0.05, 0.1) is 36.0 Å². The van der Waals surface area contributed by atoms with E-state index in [2.05, 4.69) is 10.2 Å². The van der Waals surface area contributed by atoms with E-state index in [0.29, 0.717) is 30.5 Å². The predicted octanol–water partition coefficient (Wildman–Crippen LogP) is 4.46. The Balaban J connectivity index is 1.26. The number of fused-ring (bicyclic) bond motifs is 1. The van der Waals surface area contributed by atoms with Crippen molar-refractivity contribution in [1.82, 2.24) is 15.2 Å². The van der Waals surface area contributed by atoms with Crippen LogP contribution in [0.3, 0.4) is 0 Å². The molecular formula is C23H26ClN3O3S. The van der Waals surface area contributed by atoms with Crippen LogP contribution in [0.5, 0.6) is 11.5 Å². The third-order valence-corrected chi connectivity index (χ3v) is 7.04. The minimum Gasteiger partial charge on any atom is -0.493 e. The lowest BCUT2D eigenvalue weighted by Crippen LogP contribution is -2.41. The number of thiazole rings is 1. The molecule has 0 atom stereocenters. The first-order chi connectivity index (χ1) is 15.1. The van der Waals surface area contributed by atoms with E-state index in [4.69, 9.17) is 26.1 Å². The summed E-state index contributed by atoms with van der Waals surface area (Å²) in [5.41, 5.74) is 1.95. The standard InChI is InChI=1S/C23H26ClN3O3S/c1-29-19-5-3-15(11-20(19)30-2)13-25-22(28)14-27-9-7-16(8-10-27)23-26-18-12-17(24)4-6-21(18)31-23/h3-6,11-12,16H,7-10,13-14H2,1-2H3,(H,25,28). The van der Waals surface area contributed by atoms with E-state index in [9.17, 15) is 4.79 Å². The quantitative estimate of drug-likeness (QED) is 0.565. The van der Waals surface area contributed by atoms with Gasteiger partial charge in [-0.15, -0.1) is 11.3 Å². The fourth-order valence-electron chi connectivity index (χ4n) is 3.88. The third kappa shape index (κ3) is 5.29. The molecule has 0 bridgehead atoms. The number of nitrogens with one attached hydrogen (secondary N) is 1. The Labute approximate surface area is 191 Å². The molecule has 4 rings (SSSR count). The fourth-order valence-corrected chi connectivity index (χ4v) is 5.16. The molecule has 0 spiro atoms. The molecule has 1 amide bonds. The number of benzene rings is 2. The Morgan fingerprint density at radius 3 is 2.68 bits per heavy atom. The molecule has 1 N–H and O–H groups in total. The monoisotopic (exact) mass is 459 g/mol. The van der Waals surface area contributed by atoms with Gasteiger partial charge in [-0.25, -0.2) is 4.98 Å². The summed E-state index contributed by atoms with van der Waals surface area (Å²) in [6, 6.07) is 11.5. The number of halogens is 1. The number of rotatable bonds is 7. The SMILES string of the molecule is COc1ccc(CNC(=O)CN2CCC(c3nc4cc(Cl)ccc4s3)CC2)cc1OC. The molecule has 2 heterocycles. The predicted molar refractivity (Wildman–Crippen MR) is 124 cm³/mol. The molecule has 0 unspecified atom stereocenters.